The maximum absolute atomic E-state index is 11.8. The molecule has 0 saturated heterocycles. The number of anilines is 2. The van der Waals surface area contributed by atoms with Crippen molar-refractivity contribution in [2.24, 2.45) is 0 Å². The minimum atomic E-state index is -0.800. The summed E-state index contributed by atoms with van der Waals surface area (Å²) in [5.41, 5.74) is 7.10. The molecule has 7 heteroatoms. The van der Waals surface area contributed by atoms with Gasteiger partial charge in [-0.2, -0.15) is 0 Å². The Hall–Kier alpha value is -3.35. The molecule has 22 heavy (non-hydrogen) atoms. The summed E-state index contributed by atoms with van der Waals surface area (Å²) < 4.78 is 4.98. The molecule has 3 aromatic rings. The Bertz CT molecular complexity index is 851. The quantitative estimate of drug-likeness (QED) is 0.627. The number of benzene rings is 2. The van der Waals surface area contributed by atoms with Crippen LogP contribution in [0.4, 0.5) is 16.2 Å². The maximum atomic E-state index is 11.8. The van der Waals surface area contributed by atoms with Gasteiger partial charge in [-0.1, -0.05) is 18.2 Å². The average Bonchev–Trinajstić information content (AvgIpc) is 2.50. The highest BCUT2D eigenvalue weighted by atomic mass is 16.6. The Morgan fingerprint density at radius 3 is 2.77 bits per heavy atom. The Balaban J connectivity index is 1.81. The Morgan fingerprint density at radius 1 is 1.14 bits per heavy atom. The van der Waals surface area contributed by atoms with Crippen LogP contribution in [-0.4, -0.2) is 21.4 Å². The van der Waals surface area contributed by atoms with Gasteiger partial charge in [-0.05, 0) is 30.3 Å². The molecule has 0 atom stereocenters. The van der Waals surface area contributed by atoms with Crippen molar-refractivity contribution < 1.29 is 14.6 Å². The topological polar surface area (TPSA) is 110 Å². The van der Waals surface area contributed by atoms with E-state index in [-0.39, 0.29) is 11.6 Å². The van der Waals surface area contributed by atoms with Gasteiger partial charge in [0.1, 0.15) is 0 Å². The summed E-state index contributed by atoms with van der Waals surface area (Å²) in [7, 11) is 0. The summed E-state index contributed by atoms with van der Waals surface area (Å²) in [6.45, 7) is 0. The number of aromatic nitrogens is 2. The Morgan fingerprint density at radius 2 is 1.95 bits per heavy atom. The van der Waals surface area contributed by atoms with Crippen LogP contribution in [0.1, 0.15) is 0 Å². The SMILES string of the molecule is Nc1cccc(NC(=O)Oc2nnc3ccccc3c2O)c1. The van der Waals surface area contributed by atoms with Crippen molar-refractivity contribution >= 4 is 28.4 Å². The van der Waals surface area contributed by atoms with Gasteiger partial charge in [0.25, 0.3) is 5.88 Å². The molecule has 4 N–H and O–H groups in total. The molecule has 0 spiro atoms. The summed E-state index contributed by atoms with van der Waals surface area (Å²) >= 11 is 0. The van der Waals surface area contributed by atoms with Gasteiger partial charge in [-0.15, -0.1) is 10.2 Å². The monoisotopic (exact) mass is 296 g/mol. The summed E-state index contributed by atoms with van der Waals surface area (Å²) in [5, 5.41) is 20.6. The number of nitrogen functional groups attached to an aromatic ring is 1. The zero-order chi connectivity index (χ0) is 15.5. The van der Waals surface area contributed by atoms with Gasteiger partial charge in [0, 0.05) is 16.8 Å². The molecule has 1 amide bonds. The number of aromatic hydroxyl groups is 1. The number of amides is 1. The molecule has 1 aromatic heterocycles. The third kappa shape index (κ3) is 2.73. The van der Waals surface area contributed by atoms with Gasteiger partial charge in [0.15, 0.2) is 5.75 Å². The van der Waals surface area contributed by atoms with E-state index in [1.165, 1.54) is 0 Å². The van der Waals surface area contributed by atoms with Crippen molar-refractivity contribution in [3.8, 4) is 11.6 Å². The van der Waals surface area contributed by atoms with Gasteiger partial charge < -0.3 is 15.6 Å². The second-order valence-corrected chi connectivity index (χ2v) is 4.51. The molecule has 1 heterocycles. The highest BCUT2D eigenvalue weighted by molar-refractivity contribution is 5.90. The number of nitrogens with two attached hydrogens (primary N) is 1. The van der Waals surface area contributed by atoms with Gasteiger partial charge >= 0.3 is 6.09 Å². The molecule has 0 fully saturated rings. The summed E-state index contributed by atoms with van der Waals surface area (Å²) in [4.78, 5) is 11.8. The Labute approximate surface area is 125 Å². The van der Waals surface area contributed by atoms with Gasteiger partial charge in [-0.3, -0.25) is 5.32 Å². The molecule has 3 rings (SSSR count). The molecule has 0 aliphatic carbocycles. The molecule has 0 aliphatic heterocycles. The van der Waals surface area contributed by atoms with E-state index in [0.29, 0.717) is 22.3 Å². The number of nitrogens with zero attached hydrogens (tertiary/aromatic N) is 2. The first-order valence-corrected chi connectivity index (χ1v) is 6.42. The van der Waals surface area contributed by atoms with Crippen LogP contribution in [0.2, 0.25) is 0 Å². The number of rotatable bonds is 2. The minimum Gasteiger partial charge on any atom is -0.503 e. The van der Waals surface area contributed by atoms with E-state index in [1.807, 2.05) is 0 Å². The number of carbonyl (C=O) groups excluding carboxylic acids is 1. The predicted molar refractivity (Wildman–Crippen MR) is 81.7 cm³/mol. The molecule has 7 nitrogen and oxygen atoms in total. The second kappa shape index (κ2) is 5.57. The first kappa shape index (κ1) is 13.6. The van der Waals surface area contributed by atoms with E-state index in [2.05, 4.69) is 15.5 Å². The number of carbonyl (C=O) groups is 1. The normalized spacial score (nSPS) is 10.4. The lowest BCUT2D eigenvalue weighted by atomic mass is 10.2. The van der Waals surface area contributed by atoms with Crippen LogP contribution in [0.15, 0.2) is 48.5 Å². The first-order chi connectivity index (χ1) is 10.6. The molecule has 2 aromatic carbocycles. The van der Waals surface area contributed by atoms with Crippen LogP contribution in [0, 0.1) is 0 Å². The van der Waals surface area contributed by atoms with E-state index < -0.39 is 6.09 Å². The van der Waals surface area contributed by atoms with Gasteiger partial charge in [0.05, 0.1) is 5.52 Å². The molecule has 0 radical (unpaired) electrons. The van der Waals surface area contributed by atoms with E-state index in [4.69, 9.17) is 10.5 Å². The first-order valence-electron chi connectivity index (χ1n) is 6.42. The number of hydrogen-bond acceptors (Lipinski definition) is 6. The van der Waals surface area contributed by atoms with E-state index in [1.54, 1.807) is 48.5 Å². The van der Waals surface area contributed by atoms with Crippen molar-refractivity contribution in [3.63, 3.8) is 0 Å². The smallest absolute Gasteiger partial charge is 0.418 e. The van der Waals surface area contributed by atoms with Crippen LogP contribution in [0.3, 0.4) is 0 Å². The van der Waals surface area contributed by atoms with Crippen molar-refractivity contribution in [2.75, 3.05) is 11.1 Å². The second-order valence-electron chi connectivity index (χ2n) is 4.51. The van der Waals surface area contributed by atoms with Crippen LogP contribution < -0.4 is 15.8 Å². The number of ether oxygens (including phenoxy) is 1. The van der Waals surface area contributed by atoms with E-state index in [9.17, 15) is 9.90 Å². The zero-order valence-corrected chi connectivity index (χ0v) is 11.4. The third-order valence-corrected chi connectivity index (χ3v) is 2.93. The maximum Gasteiger partial charge on any atom is 0.418 e. The van der Waals surface area contributed by atoms with E-state index in [0.717, 1.165) is 0 Å². The van der Waals surface area contributed by atoms with Gasteiger partial charge in [0.2, 0.25) is 0 Å². The van der Waals surface area contributed by atoms with Crippen molar-refractivity contribution in [3.05, 3.63) is 48.5 Å². The number of nitrogens with one attached hydrogen (secondary N) is 1. The van der Waals surface area contributed by atoms with E-state index >= 15 is 0 Å². The Kier molecular flexibility index (Phi) is 3.45. The molecular formula is C15H12N4O3. The van der Waals surface area contributed by atoms with Crippen molar-refractivity contribution in [2.45, 2.75) is 0 Å². The fourth-order valence-corrected chi connectivity index (χ4v) is 1.94. The molecular weight excluding hydrogens is 284 g/mol. The van der Waals surface area contributed by atoms with Crippen molar-refractivity contribution in [1.82, 2.24) is 10.2 Å². The standard InChI is InChI=1S/C15H12N4O3/c16-9-4-3-5-10(8-9)17-15(21)22-14-13(20)11-6-1-2-7-12(11)18-19-14/h1-8H,16H2,(H,17,21)(H,18,20). The molecule has 0 aliphatic rings. The molecule has 0 unspecified atom stereocenters. The summed E-state index contributed by atoms with van der Waals surface area (Å²) in [6, 6.07) is 13.5. The highest BCUT2D eigenvalue weighted by Crippen LogP contribution is 2.30. The largest absolute Gasteiger partial charge is 0.503 e. The lowest BCUT2D eigenvalue weighted by molar-refractivity contribution is 0.210. The lowest BCUT2D eigenvalue weighted by Gasteiger charge is -2.08. The fourth-order valence-electron chi connectivity index (χ4n) is 1.94. The average molecular weight is 296 g/mol. The van der Waals surface area contributed by atoms with Crippen LogP contribution in [0.25, 0.3) is 10.9 Å². The molecule has 110 valence electrons. The van der Waals surface area contributed by atoms with Crippen molar-refractivity contribution in [1.29, 1.82) is 0 Å². The van der Waals surface area contributed by atoms with Crippen LogP contribution in [-0.2, 0) is 0 Å². The molecule has 0 bridgehead atoms. The predicted octanol–water partition coefficient (Wildman–Crippen LogP) is 2.53. The lowest BCUT2D eigenvalue weighted by Crippen LogP contribution is -2.17. The fraction of sp³-hybridized carbons (Fsp3) is 0. The van der Waals surface area contributed by atoms with Gasteiger partial charge in [-0.25, -0.2) is 4.79 Å². The third-order valence-electron chi connectivity index (χ3n) is 2.93. The van der Waals surface area contributed by atoms with Crippen LogP contribution >= 0.6 is 0 Å². The zero-order valence-electron chi connectivity index (χ0n) is 11.4. The van der Waals surface area contributed by atoms with Crippen LogP contribution in [0.5, 0.6) is 11.6 Å². The number of fused-ring (bicyclic) bond motifs is 1. The summed E-state index contributed by atoms with van der Waals surface area (Å²) in [6.07, 6.45) is -0.800. The summed E-state index contributed by atoms with van der Waals surface area (Å²) in [5.74, 6) is -0.506. The molecule has 0 saturated carbocycles. The minimum absolute atomic E-state index is 0.242. The number of hydrogen-bond donors (Lipinski definition) is 3. The highest BCUT2D eigenvalue weighted by Gasteiger charge is 2.14.